The maximum Gasteiger partial charge on any atom is 0.328 e. The number of aryl methyl sites for hydroxylation is 1. The number of likely N-dealkylation sites (tertiary alicyclic amines) is 1. The number of nitrogens with zero attached hydrogens (tertiary/aromatic N) is 5. The number of fused-ring (bicyclic) bond motifs is 1. The van der Waals surface area contributed by atoms with Crippen molar-refractivity contribution in [1.29, 1.82) is 5.26 Å². The summed E-state index contributed by atoms with van der Waals surface area (Å²) in [5.41, 5.74) is 1.93. The second kappa shape index (κ2) is 11.3. The van der Waals surface area contributed by atoms with Crippen LogP contribution in [0.15, 0.2) is 18.3 Å². The first kappa shape index (κ1) is 26.5. The Morgan fingerprint density at radius 2 is 2.13 bits per heavy atom. The summed E-state index contributed by atoms with van der Waals surface area (Å²) in [5.74, 6) is 0.909. The molecule has 12 nitrogen and oxygen atoms in total. The van der Waals surface area contributed by atoms with E-state index in [-0.39, 0.29) is 40.8 Å². The Morgan fingerprint density at radius 1 is 1.31 bits per heavy atom. The summed E-state index contributed by atoms with van der Waals surface area (Å²) in [6, 6.07) is 4.95. The highest BCUT2D eigenvalue weighted by Crippen LogP contribution is 2.30. The molecule has 3 atom stereocenters. The van der Waals surface area contributed by atoms with Crippen molar-refractivity contribution in [1.82, 2.24) is 14.9 Å². The van der Waals surface area contributed by atoms with E-state index < -0.39 is 12.1 Å². The highest BCUT2D eigenvalue weighted by atomic mass is 16.6. The van der Waals surface area contributed by atoms with Gasteiger partial charge in [-0.05, 0) is 30.9 Å². The molecule has 0 unspecified atom stereocenters. The van der Waals surface area contributed by atoms with Gasteiger partial charge >= 0.3 is 6.03 Å². The first-order valence-electron chi connectivity index (χ1n) is 12.9. The summed E-state index contributed by atoms with van der Waals surface area (Å²) in [5, 5.41) is 12.3. The van der Waals surface area contributed by atoms with E-state index in [2.05, 4.69) is 15.3 Å². The lowest BCUT2D eigenvalue weighted by atomic mass is 10.0. The Morgan fingerprint density at radius 3 is 2.85 bits per heavy atom. The number of aromatic nitrogens is 2. The summed E-state index contributed by atoms with van der Waals surface area (Å²) < 4.78 is 16.8. The van der Waals surface area contributed by atoms with Crippen LogP contribution < -0.4 is 15.0 Å². The third-order valence-electron chi connectivity index (χ3n) is 7.34. The van der Waals surface area contributed by atoms with Crippen molar-refractivity contribution in [3.63, 3.8) is 0 Å². The quantitative estimate of drug-likeness (QED) is 0.529. The number of amides is 3. The van der Waals surface area contributed by atoms with E-state index in [0.29, 0.717) is 63.4 Å². The van der Waals surface area contributed by atoms with Gasteiger partial charge in [0.2, 0.25) is 5.91 Å². The molecule has 39 heavy (non-hydrogen) atoms. The first-order chi connectivity index (χ1) is 18.9. The molecule has 5 rings (SSSR count). The molecule has 2 saturated heterocycles. The standard InChI is InChI=1S/C27H30N6O6/c1-16-5-7-32(26(16)35)12-18-8-17-4-3-6-33(25(17)30-20(18)13-34)27(36)31-24-9-21(19(10-28)11-29-24)39-23-15-38-14-22(23)37-2/h8-9,11,13,16,22-23H,3-7,12,14-15H2,1-2H3,(H,29,31,36)/t16-,22-,23-/m0/s1. The topological polar surface area (TPSA) is 147 Å². The molecule has 2 fully saturated rings. The van der Waals surface area contributed by atoms with Crippen LogP contribution >= 0.6 is 0 Å². The minimum Gasteiger partial charge on any atom is -0.484 e. The van der Waals surface area contributed by atoms with Gasteiger partial charge in [0.15, 0.2) is 12.4 Å². The second-order valence-electron chi connectivity index (χ2n) is 9.91. The Labute approximate surface area is 225 Å². The minimum absolute atomic E-state index is 0.0240. The van der Waals surface area contributed by atoms with E-state index in [4.69, 9.17) is 14.2 Å². The molecule has 2 aromatic rings. The van der Waals surface area contributed by atoms with Crippen LogP contribution in [0.3, 0.4) is 0 Å². The Kier molecular flexibility index (Phi) is 7.72. The molecule has 3 amide bonds. The van der Waals surface area contributed by atoms with Gasteiger partial charge in [0.05, 0.1) is 19.4 Å². The van der Waals surface area contributed by atoms with Gasteiger partial charge in [-0.1, -0.05) is 6.92 Å². The van der Waals surface area contributed by atoms with Crippen molar-refractivity contribution < 1.29 is 28.6 Å². The van der Waals surface area contributed by atoms with Crippen molar-refractivity contribution in [2.24, 2.45) is 5.92 Å². The molecule has 0 spiro atoms. The molecule has 204 valence electrons. The van der Waals surface area contributed by atoms with Crippen molar-refractivity contribution in [3.05, 3.63) is 40.7 Å². The van der Waals surface area contributed by atoms with Crippen LogP contribution in [0, 0.1) is 17.2 Å². The van der Waals surface area contributed by atoms with Crippen LogP contribution in [0.4, 0.5) is 16.4 Å². The molecule has 0 aliphatic carbocycles. The summed E-state index contributed by atoms with van der Waals surface area (Å²) in [6.45, 7) is 3.97. The van der Waals surface area contributed by atoms with Crippen LogP contribution in [0.5, 0.6) is 5.75 Å². The van der Waals surface area contributed by atoms with Crippen molar-refractivity contribution in [3.8, 4) is 11.8 Å². The number of methoxy groups -OCH3 is 1. The molecule has 12 heteroatoms. The Balaban J connectivity index is 1.35. The van der Waals surface area contributed by atoms with E-state index in [0.717, 1.165) is 12.0 Å². The summed E-state index contributed by atoms with van der Waals surface area (Å²) in [4.78, 5) is 49.6. The van der Waals surface area contributed by atoms with Gasteiger partial charge in [0, 0.05) is 44.3 Å². The van der Waals surface area contributed by atoms with Gasteiger partial charge in [0.25, 0.3) is 0 Å². The largest absolute Gasteiger partial charge is 0.484 e. The Bertz CT molecular complexity index is 1330. The van der Waals surface area contributed by atoms with Crippen LogP contribution in [-0.2, 0) is 27.2 Å². The average molecular weight is 535 g/mol. The fourth-order valence-electron chi connectivity index (χ4n) is 5.11. The first-order valence-corrected chi connectivity index (χ1v) is 12.9. The van der Waals surface area contributed by atoms with Gasteiger partial charge in [-0.15, -0.1) is 0 Å². The van der Waals surface area contributed by atoms with Crippen molar-refractivity contribution >= 4 is 29.9 Å². The fourth-order valence-corrected chi connectivity index (χ4v) is 5.11. The number of carbonyl (C=O) groups is 3. The summed E-state index contributed by atoms with van der Waals surface area (Å²) >= 11 is 0. The third-order valence-corrected chi connectivity index (χ3v) is 7.34. The zero-order chi connectivity index (χ0) is 27.5. The zero-order valence-electron chi connectivity index (χ0n) is 21.9. The third kappa shape index (κ3) is 5.41. The van der Waals surface area contributed by atoms with E-state index in [1.807, 2.05) is 19.1 Å². The lowest BCUT2D eigenvalue weighted by molar-refractivity contribution is -0.131. The zero-order valence-corrected chi connectivity index (χ0v) is 21.9. The monoisotopic (exact) mass is 534 g/mol. The molecule has 0 saturated carbocycles. The highest BCUT2D eigenvalue weighted by molar-refractivity contribution is 6.01. The molecular weight excluding hydrogens is 504 g/mol. The van der Waals surface area contributed by atoms with Gasteiger partial charge < -0.3 is 19.1 Å². The SMILES string of the molecule is CO[C@H]1COC[C@@H]1Oc1cc(NC(=O)N2CCCc3cc(CN4CC[C@H](C)C4=O)c(C=O)nc32)ncc1C#N. The number of carbonyl (C=O) groups excluding carboxylic acids is 3. The lowest BCUT2D eigenvalue weighted by Crippen LogP contribution is -2.40. The number of aldehydes is 1. The number of ether oxygens (including phenoxy) is 3. The van der Waals surface area contributed by atoms with Gasteiger partial charge in [-0.25, -0.2) is 14.8 Å². The molecule has 5 heterocycles. The molecule has 2 aromatic heterocycles. The summed E-state index contributed by atoms with van der Waals surface area (Å²) in [7, 11) is 1.56. The normalized spacial score (nSPS) is 22.4. The minimum atomic E-state index is -0.473. The smallest absolute Gasteiger partial charge is 0.328 e. The number of anilines is 2. The molecule has 1 N–H and O–H groups in total. The van der Waals surface area contributed by atoms with Gasteiger partial charge in [0.1, 0.15) is 40.8 Å². The fraction of sp³-hybridized carbons (Fsp3) is 0.481. The van der Waals surface area contributed by atoms with Crippen molar-refractivity contribution in [2.45, 2.75) is 44.9 Å². The maximum absolute atomic E-state index is 13.3. The second-order valence-corrected chi connectivity index (χ2v) is 9.91. The van der Waals surface area contributed by atoms with Gasteiger partial charge in [-0.3, -0.25) is 19.8 Å². The Hall–Kier alpha value is -4.08. The van der Waals surface area contributed by atoms with E-state index in [9.17, 15) is 19.6 Å². The van der Waals surface area contributed by atoms with Crippen LogP contribution in [0.25, 0.3) is 0 Å². The molecule has 3 aliphatic heterocycles. The molecule has 3 aliphatic rings. The van der Waals surface area contributed by atoms with E-state index in [1.165, 1.54) is 17.2 Å². The van der Waals surface area contributed by atoms with Crippen LogP contribution in [0.1, 0.15) is 46.9 Å². The van der Waals surface area contributed by atoms with E-state index in [1.54, 1.807) is 12.0 Å². The summed E-state index contributed by atoms with van der Waals surface area (Å²) in [6.07, 6.45) is 3.51. The molecular formula is C27H30N6O6. The van der Waals surface area contributed by atoms with E-state index >= 15 is 0 Å². The van der Waals surface area contributed by atoms with Crippen LogP contribution in [0.2, 0.25) is 0 Å². The highest BCUT2D eigenvalue weighted by Gasteiger charge is 2.32. The average Bonchev–Trinajstić information content (AvgIpc) is 3.53. The number of nitriles is 1. The lowest BCUT2D eigenvalue weighted by Gasteiger charge is -2.29. The maximum atomic E-state index is 13.3. The van der Waals surface area contributed by atoms with Crippen LogP contribution in [-0.4, -0.2) is 78.7 Å². The number of hydrogen-bond acceptors (Lipinski definition) is 9. The number of hydrogen-bond donors (Lipinski definition) is 1. The number of urea groups is 1. The predicted octanol–water partition coefficient (Wildman–Crippen LogP) is 2.31. The number of rotatable bonds is 7. The van der Waals surface area contributed by atoms with Crippen molar-refractivity contribution in [2.75, 3.05) is 43.6 Å². The molecule has 0 aromatic carbocycles. The molecule has 0 radical (unpaired) electrons. The molecule has 0 bridgehead atoms. The number of pyridine rings is 2. The van der Waals surface area contributed by atoms with Gasteiger partial charge in [-0.2, -0.15) is 5.26 Å². The number of nitrogens with one attached hydrogen (secondary N) is 1. The predicted molar refractivity (Wildman–Crippen MR) is 138 cm³/mol.